The lowest BCUT2D eigenvalue weighted by atomic mass is 10.1. The number of nitrogens with two attached hydrogens (primary N) is 1. The van der Waals surface area contributed by atoms with E-state index in [9.17, 15) is 9.59 Å². The highest BCUT2D eigenvalue weighted by Crippen LogP contribution is 2.03. The number of carbonyl (C=O) groups excluding carboxylic acids is 2. The fourth-order valence-corrected chi connectivity index (χ4v) is 1.05. The van der Waals surface area contributed by atoms with Crippen molar-refractivity contribution in [2.45, 2.75) is 13.0 Å². The lowest BCUT2D eigenvalue weighted by molar-refractivity contribution is -0.119. The van der Waals surface area contributed by atoms with Crippen LogP contribution in [0, 0.1) is 11.3 Å². The first-order valence-corrected chi connectivity index (χ1v) is 4.65. The fourth-order valence-electron chi connectivity index (χ4n) is 1.05. The van der Waals surface area contributed by atoms with Crippen LogP contribution in [0.2, 0.25) is 0 Å². The number of nitrogens with zero attached hydrogens (tertiary/aromatic N) is 1. The molecule has 16 heavy (non-hydrogen) atoms. The van der Waals surface area contributed by atoms with Crippen LogP contribution in [0.1, 0.15) is 22.8 Å². The molecule has 1 aromatic rings. The second-order valence-corrected chi connectivity index (χ2v) is 3.29. The van der Waals surface area contributed by atoms with E-state index < -0.39 is 17.9 Å². The normalized spacial score (nSPS) is 11.2. The molecule has 0 bridgehead atoms. The summed E-state index contributed by atoms with van der Waals surface area (Å²) in [6.07, 6.45) is 0. The summed E-state index contributed by atoms with van der Waals surface area (Å²) < 4.78 is 0. The van der Waals surface area contributed by atoms with Crippen LogP contribution in [0.5, 0.6) is 0 Å². The maximum atomic E-state index is 11.6. The van der Waals surface area contributed by atoms with Gasteiger partial charge in [0, 0.05) is 5.56 Å². The molecule has 1 atom stereocenters. The van der Waals surface area contributed by atoms with Gasteiger partial charge in [0.2, 0.25) is 5.91 Å². The summed E-state index contributed by atoms with van der Waals surface area (Å²) in [5, 5.41) is 11.0. The number of nitrogens with one attached hydrogen (secondary N) is 1. The molecule has 0 spiro atoms. The molecule has 3 N–H and O–H groups in total. The van der Waals surface area contributed by atoms with Crippen LogP contribution in [0.25, 0.3) is 0 Å². The van der Waals surface area contributed by atoms with Gasteiger partial charge in [0.1, 0.15) is 6.04 Å². The number of nitriles is 1. The summed E-state index contributed by atoms with van der Waals surface area (Å²) in [6, 6.07) is 7.32. The van der Waals surface area contributed by atoms with E-state index in [0.717, 1.165) is 0 Å². The van der Waals surface area contributed by atoms with Crippen molar-refractivity contribution in [3.63, 3.8) is 0 Å². The second-order valence-electron chi connectivity index (χ2n) is 3.29. The van der Waals surface area contributed by atoms with Gasteiger partial charge in [-0.15, -0.1) is 0 Å². The SMILES string of the molecule is C[C@@H](NC(=O)c1ccc(C#N)cc1)C(N)=O. The molecule has 0 aromatic heterocycles. The van der Waals surface area contributed by atoms with E-state index in [1.165, 1.54) is 31.2 Å². The van der Waals surface area contributed by atoms with Crippen LogP contribution >= 0.6 is 0 Å². The summed E-state index contributed by atoms with van der Waals surface area (Å²) in [7, 11) is 0. The summed E-state index contributed by atoms with van der Waals surface area (Å²) in [4.78, 5) is 22.3. The van der Waals surface area contributed by atoms with Gasteiger partial charge in [-0.2, -0.15) is 5.26 Å². The Morgan fingerprint density at radius 1 is 1.38 bits per heavy atom. The number of carbonyl (C=O) groups is 2. The van der Waals surface area contributed by atoms with Gasteiger partial charge in [-0.1, -0.05) is 0 Å². The highest BCUT2D eigenvalue weighted by Gasteiger charge is 2.13. The van der Waals surface area contributed by atoms with E-state index in [2.05, 4.69) is 5.32 Å². The molecule has 0 heterocycles. The largest absolute Gasteiger partial charge is 0.368 e. The molecule has 0 radical (unpaired) electrons. The van der Waals surface area contributed by atoms with Crippen LogP contribution < -0.4 is 11.1 Å². The van der Waals surface area contributed by atoms with Gasteiger partial charge in [-0.05, 0) is 31.2 Å². The Morgan fingerprint density at radius 3 is 2.38 bits per heavy atom. The first kappa shape index (κ1) is 11.7. The molecule has 0 aliphatic rings. The van der Waals surface area contributed by atoms with Gasteiger partial charge < -0.3 is 11.1 Å². The Hall–Kier alpha value is -2.35. The number of amides is 2. The van der Waals surface area contributed by atoms with Crippen molar-refractivity contribution >= 4 is 11.8 Å². The molecule has 5 heteroatoms. The van der Waals surface area contributed by atoms with Gasteiger partial charge in [0.15, 0.2) is 0 Å². The molecule has 0 unspecified atom stereocenters. The topological polar surface area (TPSA) is 96.0 Å². The Morgan fingerprint density at radius 2 is 1.94 bits per heavy atom. The molecule has 0 saturated carbocycles. The minimum absolute atomic E-state index is 0.382. The van der Waals surface area contributed by atoms with Crippen molar-refractivity contribution in [2.24, 2.45) is 5.73 Å². The van der Waals surface area contributed by atoms with E-state index in [4.69, 9.17) is 11.0 Å². The summed E-state index contributed by atoms with van der Waals surface area (Å²) in [5.41, 5.74) is 5.86. The average molecular weight is 217 g/mol. The van der Waals surface area contributed by atoms with Crippen LogP contribution in [0.4, 0.5) is 0 Å². The molecule has 0 saturated heterocycles. The zero-order valence-electron chi connectivity index (χ0n) is 8.73. The summed E-state index contributed by atoms with van der Waals surface area (Å²) in [5.74, 6) is -0.988. The van der Waals surface area contributed by atoms with Crippen LogP contribution in [0.15, 0.2) is 24.3 Å². The Labute approximate surface area is 92.9 Å². The van der Waals surface area contributed by atoms with Crippen molar-refractivity contribution in [3.05, 3.63) is 35.4 Å². The molecule has 1 rings (SSSR count). The Bertz CT molecular complexity index is 445. The van der Waals surface area contributed by atoms with E-state index >= 15 is 0 Å². The third-order valence-electron chi connectivity index (χ3n) is 2.05. The number of hydrogen-bond donors (Lipinski definition) is 2. The quantitative estimate of drug-likeness (QED) is 0.754. The van der Waals surface area contributed by atoms with Crippen molar-refractivity contribution in [3.8, 4) is 6.07 Å². The van der Waals surface area contributed by atoms with Crippen molar-refractivity contribution in [1.29, 1.82) is 5.26 Å². The van der Waals surface area contributed by atoms with E-state index in [1.54, 1.807) is 0 Å². The van der Waals surface area contributed by atoms with Crippen LogP contribution in [0.3, 0.4) is 0 Å². The first-order valence-electron chi connectivity index (χ1n) is 4.65. The van der Waals surface area contributed by atoms with Gasteiger partial charge in [-0.3, -0.25) is 9.59 Å². The summed E-state index contributed by atoms with van der Waals surface area (Å²) >= 11 is 0. The van der Waals surface area contributed by atoms with Crippen molar-refractivity contribution < 1.29 is 9.59 Å². The third kappa shape index (κ3) is 2.82. The number of rotatable bonds is 3. The number of primary amides is 1. The first-order chi connectivity index (χ1) is 7.54. The Balaban J connectivity index is 2.74. The molecule has 82 valence electrons. The predicted octanol–water partition coefficient (Wildman–Crippen LogP) is 0.162. The zero-order chi connectivity index (χ0) is 12.1. The number of benzene rings is 1. The maximum absolute atomic E-state index is 11.6. The third-order valence-corrected chi connectivity index (χ3v) is 2.05. The van der Waals surface area contributed by atoms with E-state index in [-0.39, 0.29) is 0 Å². The van der Waals surface area contributed by atoms with Gasteiger partial charge >= 0.3 is 0 Å². The lowest BCUT2D eigenvalue weighted by Gasteiger charge is -2.09. The smallest absolute Gasteiger partial charge is 0.251 e. The lowest BCUT2D eigenvalue weighted by Crippen LogP contribution is -2.42. The van der Waals surface area contributed by atoms with E-state index in [0.29, 0.717) is 11.1 Å². The highest BCUT2D eigenvalue weighted by atomic mass is 16.2. The molecule has 2 amide bonds. The monoisotopic (exact) mass is 217 g/mol. The standard InChI is InChI=1S/C11H11N3O2/c1-7(10(13)15)14-11(16)9-4-2-8(6-12)3-5-9/h2-5,7H,1H3,(H2,13,15)(H,14,16)/t7-/m1/s1. The van der Waals surface area contributed by atoms with Crippen LogP contribution in [-0.2, 0) is 4.79 Å². The van der Waals surface area contributed by atoms with Crippen molar-refractivity contribution in [1.82, 2.24) is 5.32 Å². The average Bonchev–Trinajstić information content (AvgIpc) is 2.28. The Kier molecular flexibility index (Phi) is 3.62. The van der Waals surface area contributed by atoms with Crippen LogP contribution in [-0.4, -0.2) is 17.9 Å². The maximum Gasteiger partial charge on any atom is 0.251 e. The molecule has 0 aliphatic heterocycles. The fraction of sp³-hybridized carbons (Fsp3) is 0.182. The predicted molar refractivity (Wildman–Crippen MR) is 57.3 cm³/mol. The van der Waals surface area contributed by atoms with Crippen molar-refractivity contribution in [2.75, 3.05) is 0 Å². The molecule has 1 aromatic carbocycles. The molecular formula is C11H11N3O2. The molecule has 5 nitrogen and oxygen atoms in total. The van der Waals surface area contributed by atoms with Gasteiger partial charge in [-0.25, -0.2) is 0 Å². The second kappa shape index (κ2) is 4.94. The minimum Gasteiger partial charge on any atom is -0.368 e. The van der Waals surface area contributed by atoms with E-state index in [1.807, 2.05) is 6.07 Å². The highest BCUT2D eigenvalue weighted by molar-refractivity contribution is 5.97. The molecule has 0 fully saturated rings. The summed E-state index contributed by atoms with van der Waals surface area (Å²) in [6.45, 7) is 1.50. The number of hydrogen-bond acceptors (Lipinski definition) is 3. The minimum atomic E-state index is -0.719. The molecular weight excluding hydrogens is 206 g/mol. The van der Waals surface area contributed by atoms with Gasteiger partial charge in [0.25, 0.3) is 5.91 Å². The zero-order valence-corrected chi connectivity index (χ0v) is 8.73. The molecule has 0 aliphatic carbocycles. The van der Waals surface area contributed by atoms with Gasteiger partial charge in [0.05, 0.1) is 11.6 Å².